The van der Waals surface area contributed by atoms with Gasteiger partial charge in [0.15, 0.2) is 0 Å². The molecule has 1 rings (SSSR count). The zero-order chi connectivity index (χ0) is 12.5. The Kier molecular flexibility index (Phi) is 6.95. The molecule has 0 bridgehead atoms. The monoisotopic (exact) mass is 277 g/mol. The van der Waals surface area contributed by atoms with Gasteiger partial charge in [0.2, 0.25) is 0 Å². The summed E-state index contributed by atoms with van der Waals surface area (Å²) in [5.74, 6) is 1.18. The van der Waals surface area contributed by atoms with Gasteiger partial charge in [-0.1, -0.05) is 6.58 Å². The first kappa shape index (κ1) is 14.2. The smallest absolute Gasteiger partial charge is 0.407 e. The van der Waals surface area contributed by atoms with Crippen molar-refractivity contribution < 1.29 is 19.1 Å². The maximum absolute atomic E-state index is 11.3. The summed E-state index contributed by atoms with van der Waals surface area (Å²) in [6.45, 7) is 3.62. The van der Waals surface area contributed by atoms with Crippen LogP contribution in [0.4, 0.5) is 4.79 Å². The number of ether oxygens (including phenoxy) is 2. The average molecular weight is 277 g/mol. The minimum atomic E-state index is -0.500. The zero-order valence-corrected chi connectivity index (χ0v) is 11.0. The number of amides is 1. The van der Waals surface area contributed by atoms with Crippen LogP contribution in [0.25, 0.3) is 0 Å². The van der Waals surface area contributed by atoms with E-state index in [1.165, 1.54) is 0 Å². The number of carbonyl (C=O) groups is 2. The molecule has 1 aliphatic rings. The Hall–Kier alpha value is -0.820. The van der Waals surface area contributed by atoms with E-state index in [-0.39, 0.29) is 19.3 Å². The molecular weight excluding hydrogens is 262 g/mol. The number of rotatable bonds is 5. The number of nitrogens with one attached hydrogen (secondary N) is 1. The van der Waals surface area contributed by atoms with Gasteiger partial charge in [-0.3, -0.25) is 0 Å². The van der Waals surface area contributed by atoms with Crippen LogP contribution >= 0.6 is 23.5 Å². The number of thioether (sulfide) groups is 2. The number of alkyl carbamates (subject to hydrolysis) is 1. The number of carbonyl (C=O) groups excluding carboxylic acids is 2. The molecule has 7 heteroatoms. The highest BCUT2D eigenvalue weighted by atomic mass is 32.2. The fourth-order valence-corrected chi connectivity index (χ4v) is 3.38. The number of esters is 1. The van der Waals surface area contributed by atoms with E-state index in [1.807, 2.05) is 0 Å². The molecule has 1 saturated heterocycles. The van der Waals surface area contributed by atoms with Crippen LogP contribution in [-0.2, 0) is 14.3 Å². The molecule has 5 nitrogen and oxygen atoms in total. The first-order chi connectivity index (χ1) is 8.22. The van der Waals surface area contributed by atoms with Gasteiger partial charge in [-0.25, -0.2) is 9.59 Å². The van der Waals surface area contributed by atoms with E-state index in [9.17, 15) is 9.59 Å². The van der Waals surface area contributed by atoms with Crippen LogP contribution in [0.5, 0.6) is 0 Å². The van der Waals surface area contributed by atoms with Crippen molar-refractivity contribution in [2.45, 2.75) is 6.10 Å². The second-order valence-electron chi connectivity index (χ2n) is 3.19. The van der Waals surface area contributed by atoms with Crippen molar-refractivity contribution in [2.24, 2.45) is 0 Å². The average Bonchev–Trinajstić information content (AvgIpc) is 2.35. The van der Waals surface area contributed by atoms with Gasteiger partial charge >= 0.3 is 12.1 Å². The highest BCUT2D eigenvalue weighted by molar-refractivity contribution is 8.16. The summed E-state index contributed by atoms with van der Waals surface area (Å²) in [5, 5.41) is 3.57. The first-order valence-corrected chi connectivity index (χ1v) is 7.42. The molecule has 96 valence electrons. The molecule has 0 saturated carbocycles. The van der Waals surface area contributed by atoms with Gasteiger partial charge < -0.3 is 14.8 Å². The third-order valence-corrected chi connectivity index (χ3v) is 4.38. The SMILES string of the molecule is C=CC(=O)OCCNC(=O)OC1CSCSC1. The van der Waals surface area contributed by atoms with Gasteiger partial charge in [0.1, 0.15) is 12.7 Å². The van der Waals surface area contributed by atoms with Crippen LogP contribution in [0.3, 0.4) is 0 Å². The van der Waals surface area contributed by atoms with E-state index in [1.54, 1.807) is 23.5 Å². The lowest BCUT2D eigenvalue weighted by molar-refractivity contribution is -0.137. The molecule has 0 aromatic heterocycles. The summed E-state index contributed by atoms with van der Waals surface area (Å²) in [6.07, 6.45) is 0.580. The Morgan fingerprint density at radius 3 is 2.76 bits per heavy atom. The molecule has 1 N–H and O–H groups in total. The second kappa shape index (κ2) is 8.30. The molecule has 0 radical (unpaired) electrons. The van der Waals surface area contributed by atoms with Gasteiger partial charge in [-0.05, 0) is 0 Å². The lowest BCUT2D eigenvalue weighted by Gasteiger charge is -2.21. The lowest BCUT2D eigenvalue weighted by atomic mass is 10.5. The Morgan fingerprint density at radius 1 is 1.41 bits per heavy atom. The van der Waals surface area contributed by atoms with E-state index in [4.69, 9.17) is 9.47 Å². The Balaban J connectivity index is 2.04. The summed E-state index contributed by atoms with van der Waals surface area (Å²) < 4.78 is 9.87. The van der Waals surface area contributed by atoms with Crippen molar-refractivity contribution in [1.82, 2.24) is 5.32 Å². The van der Waals surface area contributed by atoms with E-state index < -0.39 is 12.1 Å². The minimum Gasteiger partial charge on any atom is -0.461 e. The molecule has 1 fully saturated rings. The Bertz CT molecular complexity index is 279. The molecule has 0 spiro atoms. The van der Waals surface area contributed by atoms with Crippen molar-refractivity contribution in [2.75, 3.05) is 29.7 Å². The van der Waals surface area contributed by atoms with Gasteiger partial charge in [0.05, 0.1) is 6.54 Å². The fourth-order valence-electron chi connectivity index (χ4n) is 1.09. The summed E-state index contributed by atoms with van der Waals surface area (Å²) in [7, 11) is 0. The van der Waals surface area contributed by atoms with E-state index in [2.05, 4.69) is 11.9 Å². The van der Waals surface area contributed by atoms with Gasteiger partial charge in [-0.15, -0.1) is 23.5 Å². The topological polar surface area (TPSA) is 64.6 Å². The van der Waals surface area contributed by atoms with E-state index >= 15 is 0 Å². The quantitative estimate of drug-likeness (QED) is 0.463. The predicted octanol–water partition coefficient (Wildman–Crippen LogP) is 1.25. The number of hydrogen-bond donors (Lipinski definition) is 1. The third kappa shape index (κ3) is 6.48. The zero-order valence-electron chi connectivity index (χ0n) is 9.35. The molecule has 0 unspecified atom stereocenters. The molecule has 0 aromatic rings. The summed E-state index contributed by atoms with van der Waals surface area (Å²) in [5.41, 5.74) is 0. The van der Waals surface area contributed by atoms with Gasteiger partial charge in [-0.2, -0.15) is 0 Å². The molecule has 1 aliphatic heterocycles. The molecule has 0 aliphatic carbocycles. The van der Waals surface area contributed by atoms with E-state index in [0.29, 0.717) is 0 Å². The molecule has 17 heavy (non-hydrogen) atoms. The number of hydrogen-bond acceptors (Lipinski definition) is 6. The van der Waals surface area contributed by atoms with Crippen molar-refractivity contribution in [3.63, 3.8) is 0 Å². The lowest BCUT2D eigenvalue weighted by Crippen LogP contribution is -2.34. The van der Waals surface area contributed by atoms with Crippen molar-refractivity contribution in [3.8, 4) is 0 Å². The van der Waals surface area contributed by atoms with Crippen molar-refractivity contribution in [1.29, 1.82) is 0 Å². The van der Waals surface area contributed by atoms with Crippen LogP contribution < -0.4 is 5.32 Å². The largest absolute Gasteiger partial charge is 0.461 e. The first-order valence-electron chi connectivity index (χ1n) is 5.11. The van der Waals surface area contributed by atoms with Crippen molar-refractivity contribution >= 4 is 35.6 Å². The second-order valence-corrected chi connectivity index (χ2v) is 5.61. The molecule has 1 amide bonds. The van der Waals surface area contributed by atoms with Gasteiger partial charge in [0, 0.05) is 22.7 Å². The van der Waals surface area contributed by atoms with Crippen LogP contribution in [0.2, 0.25) is 0 Å². The van der Waals surface area contributed by atoms with E-state index in [0.717, 1.165) is 22.7 Å². The highest BCUT2D eigenvalue weighted by Crippen LogP contribution is 2.22. The van der Waals surface area contributed by atoms with Crippen molar-refractivity contribution in [3.05, 3.63) is 12.7 Å². The Labute approximate surface area is 109 Å². The molecule has 0 aromatic carbocycles. The molecule has 0 atom stereocenters. The molecule has 1 heterocycles. The summed E-state index contributed by atoms with van der Waals surface area (Å²) >= 11 is 3.52. The fraction of sp³-hybridized carbons (Fsp3) is 0.600. The third-order valence-electron chi connectivity index (χ3n) is 1.83. The molecular formula is C10H15NO4S2. The van der Waals surface area contributed by atoms with Crippen LogP contribution in [0.1, 0.15) is 0 Å². The predicted molar refractivity (Wildman–Crippen MR) is 69.2 cm³/mol. The standard InChI is InChI=1S/C10H15NO4S2/c1-2-9(12)14-4-3-11-10(13)15-8-5-16-7-17-6-8/h2,8H,1,3-7H2,(H,11,13). The maximum atomic E-state index is 11.3. The van der Waals surface area contributed by atoms with Crippen LogP contribution in [0, 0.1) is 0 Å². The van der Waals surface area contributed by atoms with Crippen LogP contribution in [-0.4, -0.2) is 47.9 Å². The minimum absolute atomic E-state index is 0.0329. The van der Waals surface area contributed by atoms with Crippen LogP contribution in [0.15, 0.2) is 12.7 Å². The maximum Gasteiger partial charge on any atom is 0.407 e. The summed E-state index contributed by atoms with van der Waals surface area (Å²) in [4.78, 5) is 22.0. The highest BCUT2D eigenvalue weighted by Gasteiger charge is 2.17. The van der Waals surface area contributed by atoms with Gasteiger partial charge in [0.25, 0.3) is 0 Å². The summed E-state index contributed by atoms with van der Waals surface area (Å²) in [6, 6.07) is 0. The normalized spacial score (nSPS) is 16.0. The Morgan fingerprint density at radius 2 is 2.12 bits per heavy atom.